The quantitative estimate of drug-likeness (QED) is 0.577. The minimum atomic E-state index is -3.70. The number of ether oxygens (including phenoxy) is 1. The van der Waals surface area contributed by atoms with Crippen molar-refractivity contribution in [2.24, 2.45) is 5.92 Å². The molecule has 3 aliphatic rings. The number of esters is 1. The van der Waals surface area contributed by atoms with Crippen molar-refractivity contribution in [3.05, 3.63) is 16.0 Å². The highest BCUT2D eigenvalue weighted by Crippen LogP contribution is 2.40. The Morgan fingerprint density at radius 2 is 1.97 bits per heavy atom. The summed E-state index contributed by atoms with van der Waals surface area (Å²) in [5.74, 6) is -0.0522. The second-order valence-electron chi connectivity index (χ2n) is 8.62. The summed E-state index contributed by atoms with van der Waals surface area (Å²) in [6.45, 7) is 4.69. The number of hydrogen-bond acceptors (Lipinski definition) is 6. The Bertz CT molecular complexity index is 854. The average molecular weight is 441 g/mol. The predicted octanol–water partition coefficient (Wildman–Crippen LogP) is 3.65. The van der Waals surface area contributed by atoms with Crippen LogP contribution >= 0.6 is 11.3 Å². The lowest BCUT2D eigenvalue weighted by molar-refractivity contribution is 0.0594. The molecule has 0 spiro atoms. The molecule has 29 heavy (non-hydrogen) atoms. The smallest absolute Gasteiger partial charge is 0.340 e. The van der Waals surface area contributed by atoms with E-state index in [0.29, 0.717) is 30.6 Å². The summed E-state index contributed by atoms with van der Waals surface area (Å²) in [7, 11) is -2.36. The molecule has 1 aromatic heterocycles. The minimum Gasteiger partial charge on any atom is -0.465 e. The van der Waals surface area contributed by atoms with Gasteiger partial charge in [-0.1, -0.05) is 19.8 Å². The molecule has 0 atom stereocenters. The molecule has 0 radical (unpaired) electrons. The highest BCUT2D eigenvalue weighted by Gasteiger charge is 2.39. The fourth-order valence-corrected chi connectivity index (χ4v) is 8.39. The molecule has 8 heteroatoms. The molecule has 1 aromatic rings. The van der Waals surface area contributed by atoms with Crippen LogP contribution in [0.3, 0.4) is 0 Å². The van der Waals surface area contributed by atoms with Crippen LogP contribution in [0.5, 0.6) is 0 Å². The molecule has 0 N–H and O–H groups in total. The Morgan fingerprint density at radius 1 is 1.24 bits per heavy atom. The Kier molecular flexibility index (Phi) is 6.35. The number of methoxy groups -OCH3 is 1. The fraction of sp³-hybridized carbons (Fsp3) is 0.762. The Balaban J connectivity index is 1.69. The lowest BCUT2D eigenvalue weighted by Crippen LogP contribution is -2.37. The van der Waals surface area contributed by atoms with Gasteiger partial charge in [0.05, 0.1) is 12.7 Å². The van der Waals surface area contributed by atoms with E-state index in [1.807, 2.05) is 6.92 Å². The van der Waals surface area contributed by atoms with Crippen LogP contribution in [0.15, 0.2) is 4.21 Å². The van der Waals surface area contributed by atoms with Gasteiger partial charge in [0.15, 0.2) is 0 Å². The Hall–Kier alpha value is -0.960. The predicted molar refractivity (Wildman–Crippen MR) is 114 cm³/mol. The number of rotatable bonds is 8. The van der Waals surface area contributed by atoms with Crippen molar-refractivity contribution in [2.45, 2.75) is 75.1 Å². The van der Waals surface area contributed by atoms with Crippen LogP contribution in [0.2, 0.25) is 0 Å². The van der Waals surface area contributed by atoms with Gasteiger partial charge in [-0.3, -0.25) is 4.90 Å². The van der Waals surface area contributed by atoms with E-state index in [4.69, 9.17) is 4.74 Å². The monoisotopic (exact) mass is 440 g/mol. The fourth-order valence-electron chi connectivity index (χ4n) is 4.73. The molecule has 0 unspecified atom stereocenters. The SMILES string of the molecule is CCCN(CC1CC1)S(=O)(=O)c1sc2c(c1C(=O)OC)CCN(C1CCCC1)C2. The van der Waals surface area contributed by atoms with E-state index < -0.39 is 16.0 Å². The van der Waals surface area contributed by atoms with Gasteiger partial charge in [-0.05, 0) is 50.0 Å². The normalized spacial score (nSPS) is 20.9. The van der Waals surface area contributed by atoms with Crippen LogP contribution in [0.4, 0.5) is 0 Å². The first-order chi connectivity index (χ1) is 14.0. The summed E-state index contributed by atoms with van der Waals surface area (Å²) in [4.78, 5) is 16.2. The van der Waals surface area contributed by atoms with Crippen LogP contribution in [0.25, 0.3) is 0 Å². The maximum atomic E-state index is 13.6. The molecule has 0 bridgehead atoms. The zero-order chi connectivity index (χ0) is 20.6. The lowest BCUT2D eigenvalue weighted by Gasteiger charge is -2.32. The van der Waals surface area contributed by atoms with Crippen molar-refractivity contribution in [2.75, 3.05) is 26.7 Å². The summed E-state index contributed by atoms with van der Waals surface area (Å²) >= 11 is 1.30. The molecule has 0 amide bonds. The van der Waals surface area contributed by atoms with E-state index in [2.05, 4.69) is 4.90 Å². The van der Waals surface area contributed by atoms with Gasteiger partial charge in [0, 0.05) is 37.1 Å². The molecular weight excluding hydrogens is 408 g/mol. The van der Waals surface area contributed by atoms with Crippen molar-refractivity contribution in [3.63, 3.8) is 0 Å². The first-order valence-corrected chi connectivity index (χ1v) is 13.2. The van der Waals surface area contributed by atoms with Crippen LogP contribution in [-0.2, 0) is 27.7 Å². The highest BCUT2D eigenvalue weighted by atomic mass is 32.2. The number of nitrogens with zero attached hydrogens (tertiary/aromatic N) is 2. The first-order valence-electron chi connectivity index (χ1n) is 10.9. The lowest BCUT2D eigenvalue weighted by atomic mass is 10.0. The number of sulfonamides is 1. The molecule has 2 heterocycles. The van der Waals surface area contributed by atoms with Crippen molar-refractivity contribution in [1.29, 1.82) is 0 Å². The van der Waals surface area contributed by atoms with Gasteiger partial charge >= 0.3 is 5.97 Å². The molecule has 2 aliphatic carbocycles. The number of fused-ring (bicyclic) bond motifs is 1. The topological polar surface area (TPSA) is 66.9 Å². The summed E-state index contributed by atoms with van der Waals surface area (Å²) in [6, 6.07) is 0.596. The van der Waals surface area contributed by atoms with E-state index >= 15 is 0 Å². The molecule has 162 valence electrons. The van der Waals surface area contributed by atoms with E-state index in [0.717, 1.165) is 49.2 Å². The molecule has 1 aliphatic heterocycles. The van der Waals surface area contributed by atoms with E-state index in [1.165, 1.54) is 44.1 Å². The average Bonchev–Trinajstić information content (AvgIpc) is 3.21. The maximum Gasteiger partial charge on any atom is 0.340 e. The van der Waals surface area contributed by atoms with Gasteiger partial charge in [-0.15, -0.1) is 11.3 Å². The first kappa shape index (κ1) is 21.3. The van der Waals surface area contributed by atoms with Crippen molar-refractivity contribution < 1.29 is 17.9 Å². The van der Waals surface area contributed by atoms with Gasteiger partial charge in [-0.25, -0.2) is 13.2 Å². The molecular formula is C21H32N2O4S2. The maximum absolute atomic E-state index is 13.6. The van der Waals surface area contributed by atoms with Crippen molar-refractivity contribution in [3.8, 4) is 0 Å². The van der Waals surface area contributed by atoms with E-state index in [9.17, 15) is 13.2 Å². The van der Waals surface area contributed by atoms with Crippen LogP contribution < -0.4 is 0 Å². The molecule has 0 saturated heterocycles. The number of carbonyl (C=O) groups excluding carboxylic acids is 1. The number of carbonyl (C=O) groups is 1. The summed E-state index contributed by atoms with van der Waals surface area (Å²) in [6.07, 6.45) is 8.67. The Morgan fingerprint density at radius 3 is 2.59 bits per heavy atom. The molecule has 2 fully saturated rings. The molecule has 0 aromatic carbocycles. The summed E-state index contributed by atoms with van der Waals surface area (Å²) in [5.41, 5.74) is 1.20. The zero-order valence-electron chi connectivity index (χ0n) is 17.5. The van der Waals surface area contributed by atoms with Crippen LogP contribution in [0, 0.1) is 5.92 Å². The largest absolute Gasteiger partial charge is 0.465 e. The van der Waals surface area contributed by atoms with Gasteiger partial charge in [0.25, 0.3) is 10.0 Å². The van der Waals surface area contributed by atoms with Gasteiger partial charge in [0.1, 0.15) is 4.21 Å². The number of thiophene rings is 1. The summed E-state index contributed by atoms with van der Waals surface area (Å²) in [5, 5.41) is 0. The van der Waals surface area contributed by atoms with Gasteiger partial charge in [0.2, 0.25) is 0 Å². The molecule has 4 rings (SSSR count). The van der Waals surface area contributed by atoms with Crippen molar-refractivity contribution >= 4 is 27.3 Å². The molecule has 6 nitrogen and oxygen atoms in total. The van der Waals surface area contributed by atoms with E-state index in [-0.39, 0.29) is 4.21 Å². The van der Waals surface area contributed by atoms with Crippen LogP contribution in [-0.4, -0.2) is 56.4 Å². The van der Waals surface area contributed by atoms with Crippen molar-refractivity contribution in [1.82, 2.24) is 9.21 Å². The standard InChI is InChI=1S/C21H32N2O4S2/c1-3-11-23(13-15-8-9-15)29(25,26)21-19(20(24)27-2)17-10-12-22(14-18(17)28-21)16-6-4-5-7-16/h15-16H,3-14H2,1-2H3. The second kappa shape index (κ2) is 8.65. The van der Waals surface area contributed by atoms with Crippen LogP contribution in [0.1, 0.15) is 72.7 Å². The Labute approximate surface area is 178 Å². The minimum absolute atomic E-state index is 0.205. The third-order valence-corrected chi connectivity index (χ3v) is 10.1. The highest BCUT2D eigenvalue weighted by molar-refractivity contribution is 7.91. The second-order valence-corrected chi connectivity index (χ2v) is 11.9. The zero-order valence-corrected chi connectivity index (χ0v) is 19.1. The number of hydrogen-bond donors (Lipinski definition) is 0. The molecule has 2 saturated carbocycles. The van der Waals surface area contributed by atoms with Gasteiger partial charge in [-0.2, -0.15) is 4.31 Å². The summed E-state index contributed by atoms with van der Waals surface area (Å²) < 4.78 is 34.0. The third-order valence-electron chi connectivity index (χ3n) is 6.49. The van der Waals surface area contributed by atoms with E-state index in [1.54, 1.807) is 4.31 Å². The third kappa shape index (κ3) is 4.27. The van der Waals surface area contributed by atoms with Gasteiger partial charge < -0.3 is 4.74 Å².